The van der Waals surface area contributed by atoms with E-state index in [2.05, 4.69) is 4.90 Å². The lowest BCUT2D eigenvalue weighted by atomic mass is 9.89. The van der Waals surface area contributed by atoms with E-state index < -0.39 is 5.54 Å². The fourth-order valence-electron chi connectivity index (χ4n) is 3.12. The van der Waals surface area contributed by atoms with Crippen molar-refractivity contribution in [2.24, 2.45) is 5.73 Å². The number of anilines is 1. The molecule has 1 aromatic rings. The molecular weight excluding hydrogens is 302 g/mol. The second kappa shape index (κ2) is 6.44. The number of para-hydroxylation sites is 1. The molecule has 3 rings (SSSR count). The van der Waals surface area contributed by atoms with Crippen LogP contribution < -0.4 is 10.6 Å². The Morgan fingerprint density at radius 1 is 1.14 bits per heavy atom. The summed E-state index contributed by atoms with van der Waals surface area (Å²) in [5.41, 5.74) is 6.58. The van der Waals surface area contributed by atoms with Gasteiger partial charge in [0.15, 0.2) is 0 Å². The minimum Gasteiger partial charge on any atom is -0.381 e. The number of carbonyl (C=O) groups is 1. The number of nitrogens with zero attached hydrogens (tertiary/aromatic N) is 2. The van der Waals surface area contributed by atoms with Crippen LogP contribution in [0.1, 0.15) is 12.8 Å². The highest BCUT2D eigenvalue weighted by Gasteiger charge is 2.39. The number of amides is 1. The second-order valence-electron chi connectivity index (χ2n) is 6.00. The standard InChI is InChI=1S/C16H22ClN3O2/c17-13-3-1-2-4-14(13)19-7-9-20(10-8-19)15(21)16(18)5-11-22-12-6-16/h1-4H,5-12,18H2. The summed E-state index contributed by atoms with van der Waals surface area (Å²) in [6.45, 7) is 4.07. The van der Waals surface area contributed by atoms with Gasteiger partial charge in [-0.2, -0.15) is 0 Å². The van der Waals surface area contributed by atoms with E-state index in [-0.39, 0.29) is 5.91 Å². The third-order valence-corrected chi connectivity index (χ3v) is 4.89. The van der Waals surface area contributed by atoms with Crippen LogP contribution in [-0.4, -0.2) is 55.7 Å². The summed E-state index contributed by atoms with van der Waals surface area (Å²) in [6.07, 6.45) is 1.22. The molecule has 0 atom stereocenters. The van der Waals surface area contributed by atoms with Crippen LogP contribution in [0.15, 0.2) is 24.3 Å². The molecule has 1 amide bonds. The molecule has 2 N–H and O–H groups in total. The van der Waals surface area contributed by atoms with Crippen LogP contribution >= 0.6 is 11.6 Å². The van der Waals surface area contributed by atoms with E-state index >= 15 is 0 Å². The predicted octanol–water partition coefficient (Wildman–Crippen LogP) is 1.50. The van der Waals surface area contributed by atoms with Crippen LogP contribution in [-0.2, 0) is 9.53 Å². The lowest BCUT2D eigenvalue weighted by molar-refractivity contribution is -0.140. The van der Waals surface area contributed by atoms with Crippen molar-refractivity contribution in [2.45, 2.75) is 18.4 Å². The van der Waals surface area contributed by atoms with Crippen molar-refractivity contribution in [2.75, 3.05) is 44.3 Å². The van der Waals surface area contributed by atoms with Crippen LogP contribution in [0.25, 0.3) is 0 Å². The summed E-state index contributed by atoms with van der Waals surface area (Å²) in [5.74, 6) is 0.0645. The monoisotopic (exact) mass is 323 g/mol. The van der Waals surface area contributed by atoms with E-state index in [0.717, 1.165) is 23.8 Å². The van der Waals surface area contributed by atoms with Crippen LogP contribution in [0.4, 0.5) is 5.69 Å². The first-order valence-corrected chi connectivity index (χ1v) is 8.13. The van der Waals surface area contributed by atoms with E-state index in [1.54, 1.807) is 0 Å². The van der Waals surface area contributed by atoms with E-state index in [0.29, 0.717) is 39.1 Å². The Kier molecular flexibility index (Phi) is 4.57. The fraction of sp³-hybridized carbons (Fsp3) is 0.562. The number of carbonyl (C=O) groups excluding carboxylic acids is 1. The average molecular weight is 324 g/mol. The number of halogens is 1. The van der Waals surface area contributed by atoms with Crippen molar-refractivity contribution in [1.82, 2.24) is 4.90 Å². The summed E-state index contributed by atoms with van der Waals surface area (Å²) >= 11 is 6.24. The highest BCUT2D eigenvalue weighted by Crippen LogP contribution is 2.27. The lowest BCUT2D eigenvalue weighted by Crippen LogP contribution is -2.61. The molecule has 120 valence electrons. The largest absolute Gasteiger partial charge is 0.381 e. The van der Waals surface area contributed by atoms with Gasteiger partial charge < -0.3 is 20.3 Å². The van der Waals surface area contributed by atoms with Gasteiger partial charge in [0.1, 0.15) is 0 Å². The van der Waals surface area contributed by atoms with Gasteiger partial charge in [-0.3, -0.25) is 4.79 Å². The van der Waals surface area contributed by atoms with Crippen LogP contribution in [0.2, 0.25) is 5.02 Å². The van der Waals surface area contributed by atoms with Gasteiger partial charge in [0.25, 0.3) is 0 Å². The fourth-order valence-corrected chi connectivity index (χ4v) is 3.38. The Balaban J connectivity index is 1.62. The van der Waals surface area contributed by atoms with Gasteiger partial charge >= 0.3 is 0 Å². The first-order valence-electron chi connectivity index (χ1n) is 7.76. The Bertz CT molecular complexity index is 538. The van der Waals surface area contributed by atoms with Crippen molar-refractivity contribution in [3.63, 3.8) is 0 Å². The van der Waals surface area contributed by atoms with Gasteiger partial charge in [-0.25, -0.2) is 0 Å². The molecule has 0 bridgehead atoms. The van der Waals surface area contributed by atoms with Crippen molar-refractivity contribution >= 4 is 23.2 Å². The molecule has 1 aromatic carbocycles. The molecule has 2 fully saturated rings. The normalized spacial score (nSPS) is 21.7. The highest BCUT2D eigenvalue weighted by atomic mass is 35.5. The molecule has 5 nitrogen and oxygen atoms in total. The smallest absolute Gasteiger partial charge is 0.242 e. The van der Waals surface area contributed by atoms with Gasteiger partial charge in [-0.1, -0.05) is 23.7 Å². The first-order chi connectivity index (χ1) is 10.6. The molecule has 6 heteroatoms. The van der Waals surface area contributed by atoms with Gasteiger partial charge in [0, 0.05) is 39.4 Å². The number of rotatable bonds is 2. The first kappa shape index (κ1) is 15.6. The number of benzene rings is 1. The number of hydrogen-bond acceptors (Lipinski definition) is 4. The Labute approximate surface area is 136 Å². The topological polar surface area (TPSA) is 58.8 Å². The Morgan fingerprint density at radius 2 is 1.77 bits per heavy atom. The van der Waals surface area contributed by atoms with E-state index in [9.17, 15) is 4.79 Å². The maximum atomic E-state index is 12.7. The molecule has 0 aromatic heterocycles. The molecule has 0 aliphatic carbocycles. The molecule has 2 saturated heterocycles. The molecule has 2 heterocycles. The number of nitrogens with two attached hydrogens (primary N) is 1. The van der Waals surface area contributed by atoms with Crippen molar-refractivity contribution in [3.8, 4) is 0 Å². The summed E-state index contributed by atoms with van der Waals surface area (Å²) in [6, 6.07) is 7.82. The van der Waals surface area contributed by atoms with Crippen LogP contribution in [0.5, 0.6) is 0 Å². The SMILES string of the molecule is NC1(C(=O)N2CCN(c3ccccc3Cl)CC2)CCOCC1. The molecule has 0 spiro atoms. The number of piperazine rings is 1. The zero-order valence-electron chi connectivity index (χ0n) is 12.6. The molecule has 22 heavy (non-hydrogen) atoms. The second-order valence-corrected chi connectivity index (χ2v) is 6.41. The van der Waals surface area contributed by atoms with Crippen molar-refractivity contribution in [1.29, 1.82) is 0 Å². The quantitative estimate of drug-likeness (QED) is 0.896. The minimum absolute atomic E-state index is 0.0645. The molecule has 0 saturated carbocycles. The lowest BCUT2D eigenvalue weighted by Gasteiger charge is -2.41. The summed E-state index contributed by atoms with van der Waals surface area (Å²) in [7, 11) is 0. The molecule has 2 aliphatic rings. The molecule has 0 radical (unpaired) electrons. The highest BCUT2D eigenvalue weighted by molar-refractivity contribution is 6.33. The molecule has 0 unspecified atom stereocenters. The maximum Gasteiger partial charge on any atom is 0.242 e. The predicted molar refractivity (Wildman–Crippen MR) is 87.2 cm³/mol. The van der Waals surface area contributed by atoms with Gasteiger partial charge in [-0.05, 0) is 25.0 Å². The summed E-state index contributed by atoms with van der Waals surface area (Å²) in [4.78, 5) is 16.8. The minimum atomic E-state index is -0.745. The molecular formula is C16H22ClN3O2. The van der Waals surface area contributed by atoms with Crippen LogP contribution in [0.3, 0.4) is 0 Å². The van der Waals surface area contributed by atoms with Gasteiger partial charge in [0.05, 0.1) is 16.2 Å². The molecule has 2 aliphatic heterocycles. The van der Waals surface area contributed by atoms with Gasteiger partial charge in [0.2, 0.25) is 5.91 Å². The van der Waals surface area contributed by atoms with E-state index in [1.807, 2.05) is 29.2 Å². The number of ether oxygens (including phenoxy) is 1. The van der Waals surface area contributed by atoms with E-state index in [1.165, 1.54) is 0 Å². The zero-order chi connectivity index (χ0) is 15.6. The Morgan fingerprint density at radius 3 is 2.41 bits per heavy atom. The van der Waals surface area contributed by atoms with Crippen molar-refractivity contribution < 1.29 is 9.53 Å². The summed E-state index contributed by atoms with van der Waals surface area (Å²) in [5, 5.41) is 0.752. The Hall–Kier alpha value is -1.30. The summed E-state index contributed by atoms with van der Waals surface area (Å²) < 4.78 is 5.32. The zero-order valence-corrected chi connectivity index (χ0v) is 13.4. The number of hydrogen-bond donors (Lipinski definition) is 1. The van der Waals surface area contributed by atoms with Gasteiger partial charge in [-0.15, -0.1) is 0 Å². The van der Waals surface area contributed by atoms with Crippen molar-refractivity contribution in [3.05, 3.63) is 29.3 Å². The third kappa shape index (κ3) is 3.07. The van der Waals surface area contributed by atoms with E-state index in [4.69, 9.17) is 22.1 Å². The van der Waals surface area contributed by atoms with Crippen LogP contribution in [0, 0.1) is 0 Å². The average Bonchev–Trinajstić information content (AvgIpc) is 2.55. The third-order valence-electron chi connectivity index (χ3n) is 4.57. The maximum absolute atomic E-state index is 12.7.